The zero-order valence-electron chi connectivity index (χ0n) is 11.2. The van der Waals surface area contributed by atoms with Gasteiger partial charge in [0.1, 0.15) is 9.98 Å². The van der Waals surface area contributed by atoms with E-state index in [4.69, 9.17) is 11.6 Å². The van der Waals surface area contributed by atoms with Crippen LogP contribution in [0.3, 0.4) is 0 Å². The van der Waals surface area contributed by atoms with Gasteiger partial charge in [0, 0.05) is 36.4 Å². The molecule has 0 spiro atoms. The monoisotopic (exact) mass is 296 g/mol. The van der Waals surface area contributed by atoms with Crippen LogP contribution < -0.4 is 4.90 Å². The molecule has 19 heavy (non-hydrogen) atoms. The van der Waals surface area contributed by atoms with Crippen LogP contribution in [0.4, 0.5) is 5.95 Å². The molecule has 0 aromatic carbocycles. The highest BCUT2D eigenvalue weighted by Gasteiger charge is 2.19. The lowest BCUT2D eigenvalue weighted by Gasteiger charge is -2.34. The predicted octanol–water partition coefficient (Wildman–Crippen LogP) is 2.80. The van der Waals surface area contributed by atoms with Crippen molar-refractivity contribution in [2.75, 3.05) is 37.6 Å². The molecule has 1 aliphatic rings. The van der Waals surface area contributed by atoms with Crippen molar-refractivity contribution in [3.8, 4) is 0 Å². The van der Waals surface area contributed by atoms with Crippen LogP contribution in [0.1, 0.15) is 11.8 Å². The number of thiophene rings is 1. The molecule has 2 aromatic rings. The summed E-state index contributed by atoms with van der Waals surface area (Å²) in [5, 5.41) is 1.54. The van der Waals surface area contributed by atoms with Crippen molar-refractivity contribution in [1.29, 1.82) is 0 Å². The minimum atomic E-state index is 0.572. The summed E-state index contributed by atoms with van der Waals surface area (Å²) in [6, 6.07) is 2.06. The molecule has 3 heterocycles. The molecule has 6 heteroatoms. The van der Waals surface area contributed by atoms with Crippen molar-refractivity contribution in [1.82, 2.24) is 14.9 Å². The lowest BCUT2D eigenvalue weighted by Crippen LogP contribution is -2.46. The SMILES string of the molecule is CCN1CCN(c2nc(Cl)c3cc(C)sc3n2)CC1. The second-order valence-corrected chi connectivity index (χ2v) is 6.40. The molecular weight excluding hydrogens is 280 g/mol. The van der Waals surface area contributed by atoms with Crippen LogP contribution in [0.15, 0.2) is 6.07 Å². The molecule has 0 amide bonds. The number of aryl methyl sites for hydroxylation is 1. The van der Waals surface area contributed by atoms with Crippen molar-refractivity contribution < 1.29 is 0 Å². The molecule has 3 rings (SSSR count). The Balaban J connectivity index is 1.89. The van der Waals surface area contributed by atoms with E-state index in [2.05, 4.69) is 39.7 Å². The van der Waals surface area contributed by atoms with Crippen molar-refractivity contribution in [2.24, 2.45) is 0 Å². The van der Waals surface area contributed by atoms with E-state index in [1.165, 1.54) is 4.88 Å². The van der Waals surface area contributed by atoms with Gasteiger partial charge in [-0.05, 0) is 19.5 Å². The number of likely N-dealkylation sites (N-methyl/N-ethyl adjacent to an activating group) is 1. The molecule has 0 N–H and O–H groups in total. The van der Waals surface area contributed by atoms with E-state index in [1.807, 2.05) is 0 Å². The first-order chi connectivity index (χ1) is 9.17. The zero-order valence-corrected chi connectivity index (χ0v) is 12.8. The highest BCUT2D eigenvalue weighted by Crippen LogP contribution is 2.30. The van der Waals surface area contributed by atoms with Crippen LogP contribution in [0.25, 0.3) is 10.2 Å². The summed E-state index contributed by atoms with van der Waals surface area (Å²) in [7, 11) is 0. The summed E-state index contributed by atoms with van der Waals surface area (Å²) in [6.07, 6.45) is 0. The topological polar surface area (TPSA) is 32.3 Å². The van der Waals surface area contributed by atoms with Gasteiger partial charge < -0.3 is 9.80 Å². The maximum Gasteiger partial charge on any atom is 0.228 e. The fourth-order valence-corrected chi connectivity index (χ4v) is 3.55. The molecule has 1 saturated heterocycles. The lowest BCUT2D eigenvalue weighted by molar-refractivity contribution is 0.270. The first kappa shape index (κ1) is 13.1. The number of anilines is 1. The van der Waals surface area contributed by atoms with E-state index in [-0.39, 0.29) is 0 Å². The molecule has 1 aliphatic heterocycles. The molecule has 0 bridgehead atoms. The Morgan fingerprint density at radius 2 is 2.00 bits per heavy atom. The van der Waals surface area contributed by atoms with Crippen molar-refractivity contribution in [3.05, 3.63) is 16.1 Å². The smallest absolute Gasteiger partial charge is 0.228 e. The fraction of sp³-hybridized carbons (Fsp3) is 0.538. The van der Waals surface area contributed by atoms with E-state index in [0.717, 1.165) is 48.9 Å². The highest BCUT2D eigenvalue weighted by atomic mass is 35.5. The normalized spacial score (nSPS) is 17.3. The highest BCUT2D eigenvalue weighted by molar-refractivity contribution is 7.18. The van der Waals surface area contributed by atoms with Crippen LogP contribution in [-0.2, 0) is 0 Å². The van der Waals surface area contributed by atoms with Gasteiger partial charge in [-0.15, -0.1) is 11.3 Å². The molecule has 4 nitrogen and oxygen atoms in total. The first-order valence-electron chi connectivity index (χ1n) is 6.58. The standard InChI is InChI=1S/C13H17ClN4S/c1-3-17-4-6-18(7-5-17)13-15-11(14)10-8-9(2)19-12(10)16-13/h8H,3-7H2,1-2H3. The zero-order chi connectivity index (χ0) is 13.4. The van der Waals surface area contributed by atoms with Crippen LogP contribution >= 0.6 is 22.9 Å². The molecule has 1 fully saturated rings. The van der Waals surface area contributed by atoms with Gasteiger partial charge in [0.25, 0.3) is 0 Å². The average Bonchev–Trinajstić information content (AvgIpc) is 2.80. The van der Waals surface area contributed by atoms with Crippen LogP contribution in [0, 0.1) is 6.92 Å². The van der Waals surface area contributed by atoms with Crippen molar-refractivity contribution >= 4 is 39.1 Å². The minimum Gasteiger partial charge on any atom is -0.338 e. The van der Waals surface area contributed by atoms with Crippen molar-refractivity contribution in [3.63, 3.8) is 0 Å². The van der Waals surface area contributed by atoms with Crippen LogP contribution in [0.2, 0.25) is 5.15 Å². The van der Waals surface area contributed by atoms with Crippen LogP contribution in [0.5, 0.6) is 0 Å². The minimum absolute atomic E-state index is 0.572. The molecule has 0 radical (unpaired) electrons. The number of halogens is 1. The van der Waals surface area contributed by atoms with E-state index in [9.17, 15) is 0 Å². The quantitative estimate of drug-likeness (QED) is 0.798. The maximum atomic E-state index is 6.27. The second-order valence-electron chi connectivity index (χ2n) is 4.81. The Labute approximate surface area is 122 Å². The Bertz CT molecular complexity index is 590. The second kappa shape index (κ2) is 5.23. The average molecular weight is 297 g/mol. The van der Waals surface area contributed by atoms with Gasteiger partial charge in [0.15, 0.2) is 0 Å². The first-order valence-corrected chi connectivity index (χ1v) is 7.78. The molecule has 0 atom stereocenters. The number of fused-ring (bicyclic) bond motifs is 1. The Hall–Kier alpha value is -0.910. The number of hydrogen-bond acceptors (Lipinski definition) is 5. The lowest BCUT2D eigenvalue weighted by atomic mass is 10.3. The van der Waals surface area contributed by atoms with Gasteiger partial charge in [0.2, 0.25) is 5.95 Å². The number of piperazine rings is 1. The Kier molecular flexibility index (Phi) is 3.60. The molecule has 0 aliphatic carbocycles. The third-order valence-corrected chi connectivity index (χ3v) is 4.79. The predicted molar refractivity (Wildman–Crippen MR) is 81.5 cm³/mol. The molecule has 0 unspecified atom stereocenters. The van der Waals surface area contributed by atoms with E-state index >= 15 is 0 Å². The molecule has 2 aromatic heterocycles. The largest absolute Gasteiger partial charge is 0.338 e. The van der Waals surface area contributed by atoms with Gasteiger partial charge in [-0.1, -0.05) is 18.5 Å². The fourth-order valence-electron chi connectivity index (χ4n) is 2.40. The van der Waals surface area contributed by atoms with Gasteiger partial charge >= 0.3 is 0 Å². The third kappa shape index (κ3) is 2.55. The third-order valence-electron chi connectivity index (χ3n) is 3.56. The van der Waals surface area contributed by atoms with Crippen LogP contribution in [-0.4, -0.2) is 47.6 Å². The summed E-state index contributed by atoms with van der Waals surface area (Å²) in [5.74, 6) is 0.773. The van der Waals surface area contributed by atoms with Gasteiger partial charge in [-0.3, -0.25) is 0 Å². The summed E-state index contributed by atoms with van der Waals surface area (Å²) in [6.45, 7) is 9.46. The van der Waals surface area contributed by atoms with E-state index in [1.54, 1.807) is 11.3 Å². The Morgan fingerprint density at radius 3 is 2.68 bits per heavy atom. The maximum absolute atomic E-state index is 6.27. The number of rotatable bonds is 2. The summed E-state index contributed by atoms with van der Waals surface area (Å²) >= 11 is 7.95. The van der Waals surface area contributed by atoms with E-state index < -0.39 is 0 Å². The molecule has 102 valence electrons. The summed E-state index contributed by atoms with van der Waals surface area (Å²) in [4.78, 5) is 16.0. The number of nitrogens with zero attached hydrogens (tertiary/aromatic N) is 4. The van der Waals surface area contributed by atoms with Gasteiger partial charge in [-0.2, -0.15) is 0 Å². The van der Waals surface area contributed by atoms with E-state index in [0.29, 0.717) is 5.15 Å². The Morgan fingerprint density at radius 1 is 1.26 bits per heavy atom. The summed E-state index contributed by atoms with van der Waals surface area (Å²) < 4.78 is 0. The molecular formula is C13H17ClN4S. The molecule has 0 saturated carbocycles. The number of hydrogen-bond donors (Lipinski definition) is 0. The van der Waals surface area contributed by atoms with Gasteiger partial charge in [-0.25, -0.2) is 9.97 Å². The van der Waals surface area contributed by atoms with Gasteiger partial charge in [0.05, 0.1) is 0 Å². The van der Waals surface area contributed by atoms with Crippen molar-refractivity contribution in [2.45, 2.75) is 13.8 Å². The summed E-state index contributed by atoms with van der Waals surface area (Å²) in [5.41, 5.74) is 0. The number of aromatic nitrogens is 2.